The molecule has 0 saturated heterocycles. The number of benzene rings is 2. The fourth-order valence-corrected chi connectivity index (χ4v) is 2.64. The van der Waals surface area contributed by atoms with Crippen LogP contribution in [0, 0.1) is 0 Å². The van der Waals surface area contributed by atoms with Gasteiger partial charge in [0, 0.05) is 12.1 Å². The summed E-state index contributed by atoms with van der Waals surface area (Å²) in [5.74, 6) is 0.718. The van der Waals surface area contributed by atoms with Gasteiger partial charge in [0.15, 0.2) is 11.5 Å². The van der Waals surface area contributed by atoms with E-state index in [0.29, 0.717) is 29.4 Å². The van der Waals surface area contributed by atoms with Gasteiger partial charge in [-0.15, -0.1) is 0 Å². The molecule has 0 aliphatic carbocycles. The fraction of sp³-hybridized carbons (Fsp3) is 0.316. The lowest BCUT2D eigenvalue weighted by Gasteiger charge is -2.14. The normalized spacial score (nSPS) is 14.0. The molecule has 3 rings (SSSR count). The molecule has 1 aliphatic rings. The quantitative estimate of drug-likeness (QED) is 0.752. The molecule has 0 aromatic heterocycles. The van der Waals surface area contributed by atoms with Crippen molar-refractivity contribution in [2.45, 2.75) is 32.3 Å². The predicted octanol–water partition coefficient (Wildman–Crippen LogP) is 2.98. The Balaban J connectivity index is 1.72. The number of carbonyl (C=O) groups is 1. The number of carbonyl (C=O) groups excluding carboxylic acids is 1. The van der Waals surface area contributed by atoms with E-state index in [0.717, 1.165) is 17.7 Å². The van der Waals surface area contributed by atoms with Crippen LogP contribution in [0.2, 0.25) is 0 Å². The summed E-state index contributed by atoms with van der Waals surface area (Å²) in [5.41, 5.74) is 5.61. The Hall–Kier alpha value is -2.94. The molecule has 3 N–H and O–H groups in total. The molecule has 0 fully saturated rings. The Morgan fingerprint density at radius 2 is 2.00 bits per heavy atom. The van der Waals surface area contributed by atoms with Gasteiger partial charge in [0.1, 0.15) is 6.61 Å². The molecule has 1 amide bonds. The molecule has 0 bridgehead atoms. The zero-order chi connectivity index (χ0) is 20.3. The number of ether oxygens (including phenoxy) is 3. The van der Waals surface area contributed by atoms with Gasteiger partial charge in [-0.05, 0) is 30.7 Å². The van der Waals surface area contributed by atoms with Gasteiger partial charge in [-0.3, -0.25) is 4.79 Å². The monoisotopic (exact) mass is 396 g/mol. The maximum atomic E-state index is 12.8. The van der Waals surface area contributed by atoms with Crippen molar-refractivity contribution in [1.82, 2.24) is 5.32 Å². The number of halogens is 3. The summed E-state index contributed by atoms with van der Waals surface area (Å²) in [6, 6.07) is 7.79. The standard InChI is InChI=1S/C19H19F3N2O4/c1-11(18(23)25)24-8-13-5-6-15(17-16(13)27-10-28-17)26-9-12-3-2-4-14(7-12)19(20,21)22/h2-7,11,24H,8-10H2,1H3,(H2,23,25). The SMILES string of the molecule is CC(NCc1ccc(OCc2cccc(C(F)(F)F)c2)c2c1OCO2)C(N)=O. The molecular formula is C19H19F3N2O4. The van der Waals surface area contributed by atoms with Crippen LogP contribution in [-0.4, -0.2) is 18.7 Å². The van der Waals surface area contributed by atoms with E-state index in [1.807, 2.05) is 0 Å². The average Bonchev–Trinajstić information content (AvgIpc) is 3.14. The topological polar surface area (TPSA) is 82.8 Å². The van der Waals surface area contributed by atoms with E-state index in [1.165, 1.54) is 6.07 Å². The number of nitrogens with two attached hydrogens (primary N) is 1. The smallest absolute Gasteiger partial charge is 0.416 e. The maximum absolute atomic E-state index is 12.8. The molecule has 9 heteroatoms. The van der Waals surface area contributed by atoms with E-state index in [9.17, 15) is 18.0 Å². The highest BCUT2D eigenvalue weighted by atomic mass is 19.4. The van der Waals surface area contributed by atoms with Gasteiger partial charge in [-0.25, -0.2) is 0 Å². The fourth-order valence-electron chi connectivity index (χ4n) is 2.64. The summed E-state index contributed by atoms with van der Waals surface area (Å²) in [6.07, 6.45) is -4.41. The molecule has 1 heterocycles. The van der Waals surface area contributed by atoms with E-state index in [-0.39, 0.29) is 13.4 Å². The highest BCUT2D eigenvalue weighted by molar-refractivity contribution is 5.79. The summed E-state index contributed by atoms with van der Waals surface area (Å²) >= 11 is 0. The van der Waals surface area contributed by atoms with Crippen LogP contribution >= 0.6 is 0 Å². The van der Waals surface area contributed by atoms with Crippen molar-refractivity contribution in [3.63, 3.8) is 0 Å². The molecular weight excluding hydrogens is 377 g/mol. The summed E-state index contributed by atoms with van der Waals surface area (Å²) in [6.45, 7) is 1.91. The van der Waals surface area contributed by atoms with E-state index >= 15 is 0 Å². The molecule has 0 spiro atoms. The van der Waals surface area contributed by atoms with Crippen LogP contribution in [0.25, 0.3) is 0 Å². The van der Waals surface area contributed by atoms with Crippen molar-refractivity contribution in [3.8, 4) is 17.2 Å². The lowest BCUT2D eigenvalue weighted by atomic mass is 10.1. The zero-order valence-electron chi connectivity index (χ0n) is 15.0. The van der Waals surface area contributed by atoms with Crippen molar-refractivity contribution in [2.24, 2.45) is 5.73 Å². The van der Waals surface area contributed by atoms with Crippen LogP contribution < -0.4 is 25.3 Å². The third-order valence-corrected chi connectivity index (χ3v) is 4.24. The first kappa shape index (κ1) is 19.8. The van der Waals surface area contributed by atoms with Crippen LogP contribution in [0.3, 0.4) is 0 Å². The number of primary amides is 1. The molecule has 150 valence electrons. The second-order valence-electron chi connectivity index (χ2n) is 6.28. The van der Waals surface area contributed by atoms with E-state index in [2.05, 4.69) is 5.32 Å². The van der Waals surface area contributed by atoms with Crippen molar-refractivity contribution in [3.05, 3.63) is 53.1 Å². The summed E-state index contributed by atoms with van der Waals surface area (Å²) in [5, 5.41) is 2.97. The highest BCUT2D eigenvalue weighted by Crippen LogP contribution is 2.44. The number of alkyl halides is 3. The summed E-state index contributed by atoms with van der Waals surface area (Å²) in [4.78, 5) is 11.1. The van der Waals surface area contributed by atoms with Gasteiger partial charge in [-0.1, -0.05) is 18.2 Å². The Morgan fingerprint density at radius 3 is 2.71 bits per heavy atom. The molecule has 2 aromatic carbocycles. The van der Waals surface area contributed by atoms with Crippen LogP contribution in [0.5, 0.6) is 17.2 Å². The van der Waals surface area contributed by atoms with Crippen LogP contribution in [0.15, 0.2) is 36.4 Å². The third kappa shape index (κ3) is 4.48. The second-order valence-corrected chi connectivity index (χ2v) is 6.28. The number of nitrogens with one attached hydrogen (secondary N) is 1. The average molecular weight is 396 g/mol. The molecule has 6 nitrogen and oxygen atoms in total. The first-order valence-electron chi connectivity index (χ1n) is 8.49. The molecule has 1 aliphatic heterocycles. The minimum Gasteiger partial charge on any atom is -0.485 e. The van der Waals surface area contributed by atoms with Crippen molar-refractivity contribution < 1.29 is 32.2 Å². The number of fused-ring (bicyclic) bond motifs is 1. The van der Waals surface area contributed by atoms with Gasteiger partial charge < -0.3 is 25.3 Å². The van der Waals surface area contributed by atoms with Gasteiger partial charge in [0.25, 0.3) is 0 Å². The Morgan fingerprint density at radius 1 is 1.25 bits per heavy atom. The Labute approximate surface area is 159 Å². The van der Waals surface area contributed by atoms with Gasteiger partial charge in [-0.2, -0.15) is 13.2 Å². The van der Waals surface area contributed by atoms with Crippen molar-refractivity contribution in [2.75, 3.05) is 6.79 Å². The van der Waals surface area contributed by atoms with Gasteiger partial charge in [0.05, 0.1) is 11.6 Å². The van der Waals surface area contributed by atoms with E-state index in [4.69, 9.17) is 19.9 Å². The molecule has 0 saturated carbocycles. The van der Waals surface area contributed by atoms with Gasteiger partial charge >= 0.3 is 6.18 Å². The van der Waals surface area contributed by atoms with Gasteiger partial charge in [0.2, 0.25) is 18.4 Å². The lowest BCUT2D eigenvalue weighted by Crippen LogP contribution is -2.38. The molecule has 2 aromatic rings. The van der Waals surface area contributed by atoms with Crippen LogP contribution in [0.1, 0.15) is 23.6 Å². The molecule has 28 heavy (non-hydrogen) atoms. The van der Waals surface area contributed by atoms with E-state index in [1.54, 1.807) is 25.1 Å². The first-order chi connectivity index (χ1) is 13.3. The predicted molar refractivity (Wildman–Crippen MR) is 93.8 cm³/mol. The number of amides is 1. The molecule has 1 atom stereocenters. The first-order valence-corrected chi connectivity index (χ1v) is 8.49. The third-order valence-electron chi connectivity index (χ3n) is 4.24. The van der Waals surface area contributed by atoms with Crippen molar-refractivity contribution >= 4 is 5.91 Å². The van der Waals surface area contributed by atoms with Crippen LogP contribution in [0.4, 0.5) is 13.2 Å². The number of rotatable bonds is 7. The minimum absolute atomic E-state index is 0.00234. The summed E-state index contributed by atoms with van der Waals surface area (Å²) < 4.78 is 55.0. The summed E-state index contributed by atoms with van der Waals surface area (Å²) in [7, 11) is 0. The maximum Gasteiger partial charge on any atom is 0.416 e. The van der Waals surface area contributed by atoms with Crippen molar-refractivity contribution in [1.29, 1.82) is 0 Å². The highest BCUT2D eigenvalue weighted by Gasteiger charge is 2.30. The minimum atomic E-state index is -4.41. The Bertz CT molecular complexity index is 871. The largest absolute Gasteiger partial charge is 0.485 e. The Kier molecular flexibility index (Phi) is 5.64. The second kappa shape index (κ2) is 7.97. The zero-order valence-corrected chi connectivity index (χ0v) is 15.0. The number of hydrogen-bond donors (Lipinski definition) is 2. The molecule has 1 unspecified atom stereocenters. The van der Waals surface area contributed by atoms with E-state index < -0.39 is 23.7 Å². The van der Waals surface area contributed by atoms with Crippen LogP contribution in [-0.2, 0) is 24.1 Å². The molecule has 0 radical (unpaired) electrons. The lowest BCUT2D eigenvalue weighted by molar-refractivity contribution is -0.137. The number of hydrogen-bond acceptors (Lipinski definition) is 5.